The molecular formula is C22H31N. The number of benzene rings is 1. The summed E-state index contributed by atoms with van der Waals surface area (Å²) >= 11 is 0. The van der Waals surface area contributed by atoms with Gasteiger partial charge >= 0.3 is 0 Å². The van der Waals surface area contributed by atoms with Crippen LogP contribution in [0, 0.1) is 12.8 Å². The minimum Gasteiger partial charge on any atom is -0.292 e. The molecule has 1 saturated heterocycles. The molecule has 2 rings (SSSR count). The van der Waals surface area contributed by atoms with Crippen LogP contribution in [0.15, 0.2) is 60.7 Å². The first-order chi connectivity index (χ1) is 11.2. The van der Waals surface area contributed by atoms with Crippen molar-refractivity contribution in [2.45, 2.75) is 46.1 Å². The second kappa shape index (κ2) is 8.88. The molecule has 1 unspecified atom stereocenters. The number of allylic oxidation sites excluding steroid dienone is 3. The first kappa shape index (κ1) is 17.7. The summed E-state index contributed by atoms with van der Waals surface area (Å²) in [5, 5.41) is 0. The predicted molar refractivity (Wildman–Crippen MR) is 102 cm³/mol. The molecule has 0 bridgehead atoms. The Morgan fingerprint density at radius 2 is 1.91 bits per heavy atom. The van der Waals surface area contributed by atoms with Gasteiger partial charge in [0.1, 0.15) is 0 Å². The SMILES string of the molecule is C=C/C(=C\C=C/C)C(c1ccc(C)cc1)N1CCC(CC)CC1. The summed E-state index contributed by atoms with van der Waals surface area (Å²) in [5.74, 6) is 0.900. The number of hydrogen-bond donors (Lipinski definition) is 0. The molecule has 1 aliphatic rings. The van der Waals surface area contributed by atoms with Gasteiger partial charge in [-0.1, -0.05) is 74.1 Å². The Hall–Kier alpha value is -1.60. The Morgan fingerprint density at radius 3 is 2.43 bits per heavy atom. The van der Waals surface area contributed by atoms with Crippen LogP contribution < -0.4 is 0 Å². The maximum Gasteiger partial charge on any atom is 0.0601 e. The molecule has 1 aliphatic heterocycles. The number of hydrogen-bond acceptors (Lipinski definition) is 1. The van der Waals surface area contributed by atoms with E-state index in [2.05, 4.69) is 74.7 Å². The summed E-state index contributed by atoms with van der Waals surface area (Å²) in [5.41, 5.74) is 3.98. The summed E-state index contributed by atoms with van der Waals surface area (Å²) in [6.07, 6.45) is 12.4. The molecule has 0 aromatic heterocycles. The molecule has 23 heavy (non-hydrogen) atoms. The molecule has 0 saturated carbocycles. The van der Waals surface area contributed by atoms with Crippen molar-refractivity contribution in [2.24, 2.45) is 5.92 Å². The van der Waals surface area contributed by atoms with E-state index < -0.39 is 0 Å². The van der Waals surface area contributed by atoms with Crippen molar-refractivity contribution in [3.8, 4) is 0 Å². The third-order valence-electron chi connectivity index (χ3n) is 5.02. The molecule has 1 fully saturated rings. The number of rotatable bonds is 6. The van der Waals surface area contributed by atoms with Crippen LogP contribution in [0.1, 0.15) is 50.3 Å². The quantitative estimate of drug-likeness (QED) is 0.596. The molecule has 0 N–H and O–H groups in total. The van der Waals surface area contributed by atoms with E-state index >= 15 is 0 Å². The van der Waals surface area contributed by atoms with E-state index in [1.807, 2.05) is 6.08 Å². The van der Waals surface area contributed by atoms with Crippen molar-refractivity contribution in [3.63, 3.8) is 0 Å². The third-order valence-corrected chi connectivity index (χ3v) is 5.02. The Balaban J connectivity index is 2.31. The van der Waals surface area contributed by atoms with Gasteiger partial charge in [-0.25, -0.2) is 0 Å². The van der Waals surface area contributed by atoms with Crippen LogP contribution in [-0.2, 0) is 0 Å². The van der Waals surface area contributed by atoms with Crippen LogP contribution in [0.25, 0.3) is 0 Å². The van der Waals surface area contributed by atoms with Gasteiger partial charge in [-0.3, -0.25) is 4.90 Å². The fourth-order valence-electron chi connectivity index (χ4n) is 3.46. The van der Waals surface area contributed by atoms with E-state index in [0.29, 0.717) is 6.04 Å². The van der Waals surface area contributed by atoms with Gasteiger partial charge < -0.3 is 0 Å². The fourth-order valence-corrected chi connectivity index (χ4v) is 3.46. The topological polar surface area (TPSA) is 3.24 Å². The van der Waals surface area contributed by atoms with Crippen molar-refractivity contribution in [1.29, 1.82) is 0 Å². The molecule has 1 heteroatoms. The molecule has 1 heterocycles. The molecule has 0 radical (unpaired) electrons. The van der Waals surface area contributed by atoms with Gasteiger partial charge in [0, 0.05) is 0 Å². The van der Waals surface area contributed by atoms with Gasteiger partial charge in [-0.15, -0.1) is 0 Å². The smallest absolute Gasteiger partial charge is 0.0601 e. The summed E-state index contributed by atoms with van der Waals surface area (Å²) < 4.78 is 0. The zero-order chi connectivity index (χ0) is 16.7. The van der Waals surface area contributed by atoms with Gasteiger partial charge in [0.25, 0.3) is 0 Å². The second-order valence-electron chi connectivity index (χ2n) is 6.60. The summed E-state index contributed by atoms with van der Waals surface area (Å²) in [7, 11) is 0. The maximum atomic E-state index is 4.08. The average Bonchev–Trinajstić information content (AvgIpc) is 2.60. The molecular weight excluding hydrogens is 278 g/mol. The lowest BCUT2D eigenvalue weighted by atomic mass is 9.89. The predicted octanol–water partition coefficient (Wildman–Crippen LogP) is 5.85. The largest absolute Gasteiger partial charge is 0.292 e. The second-order valence-corrected chi connectivity index (χ2v) is 6.60. The van der Waals surface area contributed by atoms with Crippen molar-refractivity contribution < 1.29 is 0 Å². The average molecular weight is 309 g/mol. The van der Waals surface area contributed by atoms with E-state index in [1.54, 1.807) is 0 Å². The van der Waals surface area contributed by atoms with Crippen molar-refractivity contribution in [3.05, 3.63) is 71.8 Å². The zero-order valence-corrected chi connectivity index (χ0v) is 15.0. The van der Waals surface area contributed by atoms with Gasteiger partial charge in [0.05, 0.1) is 6.04 Å². The zero-order valence-electron chi connectivity index (χ0n) is 15.0. The Morgan fingerprint density at radius 1 is 1.26 bits per heavy atom. The monoisotopic (exact) mass is 309 g/mol. The van der Waals surface area contributed by atoms with Crippen LogP contribution in [0.3, 0.4) is 0 Å². The fraction of sp³-hybridized carbons (Fsp3) is 0.455. The molecule has 1 aromatic rings. The van der Waals surface area contributed by atoms with Gasteiger partial charge in [-0.05, 0) is 56.8 Å². The van der Waals surface area contributed by atoms with Gasteiger partial charge in [0.2, 0.25) is 0 Å². The lowest BCUT2D eigenvalue weighted by Crippen LogP contribution is -2.37. The number of piperidine rings is 1. The standard InChI is InChI=1S/C22H31N/c1-5-8-9-20(7-3)22(21-12-10-18(4)11-13-21)23-16-14-19(6-2)15-17-23/h5,7-13,19,22H,3,6,14-17H2,1-2,4H3/b8-5-,20-9+. The van der Waals surface area contributed by atoms with Crippen LogP contribution in [-0.4, -0.2) is 18.0 Å². The van der Waals surface area contributed by atoms with E-state index in [0.717, 1.165) is 5.92 Å². The van der Waals surface area contributed by atoms with E-state index in [-0.39, 0.29) is 0 Å². The van der Waals surface area contributed by atoms with Crippen molar-refractivity contribution >= 4 is 0 Å². The summed E-state index contributed by atoms with van der Waals surface area (Å²) in [6.45, 7) is 13.0. The Kier molecular flexibility index (Phi) is 6.85. The van der Waals surface area contributed by atoms with Crippen molar-refractivity contribution in [2.75, 3.05) is 13.1 Å². The van der Waals surface area contributed by atoms with Crippen LogP contribution >= 0.6 is 0 Å². The molecule has 0 aliphatic carbocycles. The molecule has 1 atom stereocenters. The van der Waals surface area contributed by atoms with Crippen molar-refractivity contribution in [1.82, 2.24) is 4.90 Å². The summed E-state index contributed by atoms with van der Waals surface area (Å²) in [4.78, 5) is 2.63. The normalized spacial score (nSPS) is 19.2. The molecule has 0 spiro atoms. The number of likely N-dealkylation sites (tertiary alicyclic amines) is 1. The van der Waals surface area contributed by atoms with E-state index in [9.17, 15) is 0 Å². The highest BCUT2D eigenvalue weighted by atomic mass is 15.2. The first-order valence-electron chi connectivity index (χ1n) is 8.95. The highest BCUT2D eigenvalue weighted by Gasteiger charge is 2.26. The van der Waals surface area contributed by atoms with Crippen LogP contribution in [0.4, 0.5) is 0 Å². The van der Waals surface area contributed by atoms with E-state index in [4.69, 9.17) is 0 Å². The third kappa shape index (κ3) is 4.68. The lowest BCUT2D eigenvalue weighted by molar-refractivity contribution is 0.149. The number of aryl methyl sites for hydroxylation is 1. The lowest BCUT2D eigenvalue weighted by Gasteiger charge is -2.38. The van der Waals surface area contributed by atoms with E-state index in [1.165, 1.54) is 49.1 Å². The van der Waals surface area contributed by atoms with Crippen LogP contribution in [0.2, 0.25) is 0 Å². The Labute approximate surface area is 142 Å². The molecule has 1 nitrogen and oxygen atoms in total. The van der Waals surface area contributed by atoms with Gasteiger partial charge in [0.15, 0.2) is 0 Å². The minimum atomic E-state index is 0.321. The first-order valence-corrected chi connectivity index (χ1v) is 8.95. The molecule has 0 amide bonds. The van der Waals surface area contributed by atoms with Gasteiger partial charge in [-0.2, -0.15) is 0 Å². The minimum absolute atomic E-state index is 0.321. The number of nitrogens with zero attached hydrogens (tertiary/aromatic N) is 1. The Bertz CT molecular complexity index is 542. The van der Waals surface area contributed by atoms with Crippen LogP contribution in [0.5, 0.6) is 0 Å². The highest BCUT2D eigenvalue weighted by Crippen LogP contribution is 2.33. The maximum absolute atomic E-state index is 4.08. The molecule has 124 valence electrons. The molecule has 1 aromatic carbocycles. The highest BCUT2D eigenvalue weighted by molar-refractivity contribution is 5.37. The summed E-state index contributed by atoms with van der Waals surface area (Å²) in [6, 6.07) is 9.31.